The van der Waals surface area contributed by atoms with E-state index < -0.39 is 36.2 Å². The van der Waals surface area contributed by atoms with Crippen LogP contribution in [0.4, 0.5) is 9.59 Å². The summed E-state index contributed by atoms with van der Waals surface area (Å²) in [7, 11) is 0. The molecule has 2 aliphatic carbocycles. The van der Waals surface area contributed by atoms with Gasteiger partial charge < -0.3 is 58.6 Å². The van der Waals surface area contributed by atoms with Gasteiger partial charge in [0.15, 0.2) is 0 Å². The van der Waals surface area contributed by atoms with E-state index in [2.05, 4.69) is 18.0 Å². The molecule has 1 unspecified atom stereocenters. The minimum Gasteiger partial charge on any atom is -0.459 e. The zero-order valence-electron chi connectivity index (χ0n) is 40.2. The summed E-state index contributed by atoms with van der Waals surface area (Å²) >= 11 is 0. The maximum atomic E-state index is 14.8. The molecule has 16 heteroatoms. The van der Waals surface area contributed by atoms with Crippen molar-refractivity contribution in [3.63, 3.8) is 0 Å². The molecule has 0 bridgehead atoms. The number of fused-ring (bicyclic) bond motifs is 2. The summed E-state index contributed by atoms with van der Waals surface area (Å²) in [6.45, 7) is 5.40. The average Bonchev–Trinajstić information content (AvgIpc) is 3.39. The largest absolute Gasteiger partial charge is 0.459 e. The van der Waals surface area contributed by atoms with Crippen LogP contribution in [0.1, 0.15) is 86.8 Å². The Labute approximate surface area is 411 Å². The molecule has 3 aromatic rings. The van der Waals surface area contributed by atoms with Gasteiger partial charge in [0.05, 0.1) is 57.9 Å². The normalized spacial score (nSPS) is 24.0. The molecule has 3 aromatic carbocycles. The van der Waals surface area contributed by atoms with E-state index in [0.717, 1.165) is 54.4 Å². The summed E-state index contributed by atoms with van der Waals surface area (Å²) in [5.41, 5.74) is 4.13. The number of unbranched alkanes of at least 4 members (excludes halogenated alkanes) is 2. The van der Waals surface area contributed by atoms with Crippen molar-refractivity contribution < 1.29 is 62.9 Å². The Kier molecular flexibility index (Phi) is 20.5. The molecule has 0 spiro atoms. The Morgan fingerprint density at radius 3 is 2.37 bits per heavy atom. The van der Waals surface area contributed by atoms with E-state index in [1.807, 2.05) is 66.7 Å². The summed E-state index contributed by atoms with van der Waals surface area (Å²) in [6, 6.07) is 23.7. The van der Waals surface area contributed by atoms with Gasteiger partial charge >= 0.3 is 12.2 Å². The van der Waals surface area contributed by atoms with E-state index in [0.29, 0.717) is 56.1 Å². The van der Waals surface area contributed by atoms with Gasteiger partial charge in [0.1, 0.15) is 24.1 Å². The van der Waals surface area contributed by atoms with Crippen LogP contribution in [0.5, 0.6) is 11.5 Å². The van der Waals surface area contributed by atoms with Crippen molar-refractivity contribution in [2.75, 3.05) is 66.0 Å². The molecule has 7 atom stereocenters. The highest BCUT2D eigenvalue weighted by molar-refractivity contribution is 6.03. The Morgan fingerprint density at radius 2 is 1.64 bits per heavy atom. The smallest absolute Gasteiger partial charge is 0.412 e. The molecular formula is C54H71N3O13. The number of oxime groups is 1. The fraction of sp³-hybridized carbons (Fsp3) is 0.537. The lowest BCUT2D eigenvalue weighted by molar-refractivity contribution is -0.256. The number of amides is 2. The van der Waals surface area contributed by atoms with Crippen LogP contribution in [0.15, 0.2) is 108 Å². The molecule has 0 radical (unpaired) electrons. The Hall–Kier alpha value is -5.33. The third-order valence-electron chi connectivity index (χ3n) is 13.4. The lowest BCUT2D eigenvalue weighted by Gasteiger charge is -2.59. The first-order valence-corrected chi connectivity index (χ1v) is 25.0. The van der Waals surface area contributed by atoms with Crippen LogP contribution in [0.3, 0.4) is 0 Å². The van der Waals surface area contributed by atoms with Gasteiger partial charge in [-0.25, -0.2) is 9.59 Å². The molecule has 16 nitrogen and oxygen atoms in total. The fourth-order valence-electron chi connectivity index (χ4n) is 10.3. The SMILES string of the molecule is C=CCO[C@@]12Oc3ccc(OC(=O)NCc4ccccc4)cc3[C@H]3[C@H](CCCCO)[C@@H](CCCCO)C=C(C(=NOC4CCCCO4)C[C@@H]1N(CCOCCO)C(=O)OCCOCc1ccccc1)[C@H]32. The predicted octanol–water partition coefficient (Wildman–Crippen LogP) is 7.80. The van der Waals surface area contributed by atoms with Crippen molar-refractivity contribution in [3.05, 3.63) is 120 Å². The van der Waals surface area contributed by atoms with Crippen molar-refractivity contribution in [1.82, 2.24) is 10.2 Å². The zero-order chi connectivity index (χ0) is 49.0. The molecule has 1 saturated heterocycles. The molecule has 0 aromatic heterocycles. The number of nitrogens with zero attached hydrogens (tertiary/aromatic N) is 2. The average molecular weight is 970 g/mol. The molecule has 2 amide bonds. The Bertz CT molecular complexity index is 2150. The van der Waals surface area contributed by atoms with Crippen LogP contribution in [0.2, 0.25) is 0 Å². The van der Waals surface area contributed by atoms with E-state index in [4.69, 9.17) is 43.2 Å². The number of aliphatic hydroxyl groups is 3. The van der Waals surface area contributed by atoms with E-state index in [1.54, 1.807) is 23.1 Å². The predicted molar refractivity (Wildman–Crippen MR) is 261 cm³/mol. The fourth-order valence-corrected chi connectivity index (χ4v) is 10.3. The first kappa shape index (κ1) is 52.5. The second-order valence-corrected chi connectivity index (χ2v) is 18.1. The maximum absolute atomic E-state index is 14.8. The summed E-state index contributed by atoms with van der Waals surface area (Å²) in [4.78, 5) is 36.0. The first-order chi connectivity index (χ1) is 34.4. The van der Waals surface area contributed by atoms with Gasteiger partial charge in [0.25, 0.3) is 0 Å². The highest BCUT2D eigenvalue weighted by Crippen LogP contribution is 2.62. The van der Waals surface area contributed by atoms with Crippen molar-refractivity contribution in [2.45, 2.75) is 101 Å². The number of carbonyl (C=O) groups is 2. The number of nitrogens with one attached hydrogen (secondary N) is 1. The standard InChI is InChI=1S/C54H71N3O13/c1-2-28-67-54-48(57(24-30-63-31-27-60)53(62)66-33-32-64-38-40-17-7-4-8-18-40)36-46(56-70-49-21-11-14-29-65-49)44-34-41(19-9-12-25-58)43(20-10-13-26-59)50(51(44)54)45-35-42(22-23-47(45)69-54)68-52(61)55-37-39-15-5-3-6-16-39/h2-8,15-18,22-23,34-35,41,43,48-51,58-60H,1,9-14,19-21,24-33,36-38H2,(H,55,61)/t41-,43+,48-,49?,50+,51+,54+/m0/s1. The third-order valence-corrected chi connectivity index (χ3v) is 13.4. The van der Waals surface area contributed by atoms with Gasteiger partial charge in [-0.05, 0) is 85.3 Å². The van der Waals surface area contributed by atoms with Crippen LogP contribution in [-0.2, 0) is 41.7 Å². The monoisotopic (exact) mass is 969 g/mol. The van der Waals surface area contributed by atoms with Crippen LogP contribution >= 0.6 is 0 Å². The molecule has 7 rings (SSSR count). The molecular weight excluding hydrogens is 899 g/mol. The Morgan fingerprint density at radius 1 is 0.871 bits per heavy atom. The summed E-state index contributed by atoms with van der Waals surface area (Å²) in [6.07, 6.45) is 8.87. The highest BCUT2D eigenvalue weighted by atomic mass is 16.8. The quantitative estimate of drug-likeness (QED) is 0.0329. The number of benzene rings is 3. The van der Waals surface area contributed by atoms with Gasteiger partial charge in [0.2, 0.25) is 12.1 Å². The summed E-state index contributed by atoms with van der Waals surface area (Å²) in [5.74, 6) is -1.90. The van der Waals surface area contributed by atoms with E-state index >= 15 is 0 Å². The van der Waals surface area contributed by atoms with E-state index in [1.165, 1.54) is 0 Å². The Balaban J connectivity index is 1.33. The summed E-state index contributed by atoms with van der Waals surface area (Å²) in [5, 5.41) is 37.4. The van der Waals surface area contributed by atoms with Gasteiger partial charge in [-0.3, -0.25) is 4.90 Å². The molecule has 4 N–H and O–H groups in total. The number of allylic oxidation sites excluding steroid dienone is 1. The zero-order valence-corrected chi connectivity index (χ0v) is 40.2. The molecule has 2 heterocycles. The number of ether oxygens (including phenoxy) is 7. The van der Waals surface area contributed by atoms with Crippen LogP contribution in [-0.4, -0.2) is 122 Å². The van der Waals surface area contributed by atoms with Crippen molar-refractivity contribution in [3.8, 4) is 11.5 Å². The topological polar surface area (TPSA) is 196 Å². The lowest BCUT2D eigenvalue weighted by Crippen LogP contribution is -2.70. The number of aliphatic hydroxyl groups excluding tert-OH is 3. The van der Waals surface area contributed by atoms with Crippen LogP contribution < -0.4 is 14.8 Å². The van der Waals surface area contributed by atoms with Gasteiger partial charge in [-0.2, -0.15) is 0 Å². The number of hydrogen-bond acceptors (Lipinski definition) is 14. The van der Waals surface area contributed by atoms with Crippen molar-refractivity contribution in [1.29, 1.82) is 0 Å². The van der Waals surface area contributed by atoms with Gasteiger partial charge in [0, 0.05) is 50.6 Å². The highest BCUT2D eigenvalue weighted by Gasteiger charge is 2.65. The molecule has 2 fully saturated rings. The second-order valence-electron chi connectivity index (χ2n) is 18.1. The minimum atomic E-state index is -1.58. The van der Waals surface area contributed by atoms with Crippen molar-refractivity contribution >= 4 is 17.9 Å². The molecule has 380 valence electrons. The van der Waals surface area contributed by atoms with Crippen LogP contribution in [0.25, 0.3) is 0 Å². The second kappa shape index (κ2) is 27.3. The minimum absolute atomic E-state index is 0.0280. The van der Waals surface area contributed by atoms with Crippen LogP contribution in [0, 0.1) is 17.8 Å². The molecule has 1 saturated carbocycles. The third kappa shape index (κ3) is 13.7. The lowest BCUT2D eigenvalue weighted by atomic mass is 9.55. The van der Waals surface area contributed by atoms with E-state index in [9.17, 15) is 24.9 Å². The van der Waals surface area contributed by atoms with Crippen molar-refractivity contribution in [2.24, 2.45) is 22.9 Å². The first-order valence-electron chi connectivity index (χ1n) is 25.0. The molecule has 2 aliphatic heterocycles. The van der Waals surface area contributed by atoms with Gasteiger partial charge in [-0.15, -0.1) is 6.58 Å². The molecule has 4 aliphatic rings. The number of hydrogen-bond donors (Lipinski definition) is 4. The van der Waals surface area contributed by atoms with Gasteiger partial charge in [-0.1, -0.05) is 90.8 Å². The molecule has 70 heavy (non-hydrogen) atoms. The summed E-state index contributed by atoms with van der Waals surface area (Å²) < 4.78 is 44.1. The number of rotatable bonds is 27. The number of carbonyl (C=O) groups excluding carboxylic acids is 2. The maximum Gasteiger partial charge on any atom is 0.412 e. The van der Waals surface area contributed by atoms with E-state index in [-0.39, 0.29) is 90.1 Å².